The fourth-order valence-electron chi connectivity index (χ4n) is 1.28. The normalized spacial score (nSPS) is 10.0. The van der Waals surface area contributed by atoms with Crippen LogP contribution in [0.3, 0.4) is 0 Å². The van der Waals surface area contributed by atoms with Crippen molar-refractivity contribution in [2.75, 3.05) is 6.61 Å². The van der Waals surface area contributed by atoms with Gasteiger partial charge in [0.2, 0.25) is 0 Å². The minimum Gasteiger partial charge on any atom is -0.493 e. The third-order valence-corrected chi connectivity index (χ3v) is 2.23. The molecule has 0 spiro atoms. The summed E-state index contributed by atoms with van der Waals surface area (Å²) >= 11 is 5.71. The molecule has 0 unspecified atom stereocenters. The first-order valence-corrected chi connectivity index (χ1v) is 4.91. The summed E-state index contributed by atoms with van der Waals surface area (Å²) in [6.07, 6.45) is 0. The van der Waals surface area contributed by atoms with E-state index in [0.717, 1.165) is 0 Å². The van der Waals surface area contributed by atoms with Crippen LogP contribution in [-0.4, -0.2) is 34.8 Å². The highest BCUT2D eigenvalue weighted by atomic mass is 35.5. The second kappa shape index (κ2) is 5.20. The smallest absolute Gasteiger partial charge is 0.492 e. The van der Waals surface area contributed by atoms with Crippen molar-refractivity contribution in [1.82, 2.24) is 0 Å². The lowest BCUT2D eigenvalue weighted by Crippen LogP contribution is -2.32. The second-order valence-corrected chi connectivity index (χ2v) is 3.36. The van der Waals surface area contributed by atoms with Crippen molar-refractivity contribution >= 4 is 30.2 Å². The van der Waals surface area contributed by atoms with Crippen molar-refractivity contribution in [3.63, 3.8) is 0 Å². The Bertz CT molecular complexity index is 407. The van der Waals surface area contributed by atoms with Gasteiger partial charge in [-0.15, -0.1) is 0 Å². The van der Waals surface area contributed by atoms with E-state index in [1.807, 2.05) is 0 Å². The first-order chi connectivity index (χ1) is 7.49. The van der Waals surface area contributed by atoms with Crippen molar-refractivity contribution in [2.24, 2.45) is 0 Å². The van der Waals surface area contributed by atoms with E-state index in [1.165, 1.54) is 12.1 Å². The van der Waals surface area contributed by atoms with Crippen molar-refractivity contribution in [2.45, 2.75) is 6.92 Å². The molecular weight excluding hydrogens is 234 g/mol. The van der Waals surface area contributed by atoms with Crippen LogP contribution in [0.5, 0.6) is 5.75 Å². The third-order valence-electron chi connectivity index (χ3n) is 1.92. The van der Waals surface area contributed by atoms with Crippen LogP contribution in [0.25, 0.3) is 0 Å². The standard InChI is InChI=1S/C9H10BClO5/c1-2-16-8-5(10(14)15)3-4-6(11)7(8)9(12)13/h3-4,14-15H,2H2,1H3,(H,12,13). The molecule has 0 aliphatic heterocycles. The Morgan fingerprint density at radius 3 is 2.56 bits per heavy atom. The molecule has 86 valence electrons. The maximum absolute atomic E-state index is 11.0. The average molecular weight is 244 g/mol. The van der Waals surface area contributed by atoms with E-state index in [0.29, 0.717) is 0 Å². The van der Waals surface area contributed by atoms with Gasteiger partial charge in [-0.05, 0) is 13.0 Å². The molecule has 1 aromatic carbocycles. The fraction of sp³-hybridized carbons (Fsp3) is 0.222. The molecule has 3 N–H and O–H groups in total. The average Bonchev–Trinajstić information content (AvgIpc) is 2.17. The van der Waals surface area contributed by atoms with Crippen LogP contribution in [0.1, 0.15) is 17.3 Å². The second-order valence-electron chi connectivity index (χ2n) is 2.95. The number of carbonyl (C=O) groups is 1. The van der Waals surface area contributed by atoms with Crippen LogP contribution >= 0.6 is 11.6 Å². The zero-order valence-electron chi connectivity index (χ0n) is 8.48. The molecule has 0 saturated heterocycles. The lowest BCUT2D eigenvalue weighted by molar-refractivity contribution is 0.0693. The molecule has 0 bridgehead atoms. The Balaban J connectivity index is 3.43. The lowest BCUT2D eigenvalue weighted by Gasteiger charge is -2.13. The predicted molar refractivity (Wildman–Crippen MR) is 59.4 cm³/mol. The van der Waals surface area contributed by atoms with Crippen LogP contribution in [0.4, 0.5) is 0 Å². The van der Waals surface area contributed by atoms with Gasteiger partial charge in [-0.2, -0.15) is 0 Å². The quantitative estimate of drug-likeness (QED) is 0.655. The Morgan fingerprint density at radius 2 is 2.12 bits per heavy atom. The van der Waals surface area contributed by atoms with Crippen LogP contribution in [0, 0.1) is 0 Å². The van der Waals surface area contributed by atoms with E-state index in [2.05, 4.69) is 0 Å². The summed E-state index contributed by atoms with van der Waals surface area (Å²) in [4.78, 5) is 11.0. The molecule has 7 heteroatoms. The zero-order valence-corrected chi connectivity index (χ0v) is 9.23. The van der Waals surface area contributed by atoms with Gasteiger partial charge in [0.1, 0.15) is 11.3 Å². The van der Waals surface area contributed by atoms with Crippen LogP contribution < -0.4 is 10.2 Å². The summed E-state index contributed by atoms with van der Waals surface area (Å²) in [6.45, 7) is 1.85. The van der Waals surface area contributed by atoms with E-state index < -0.39 is 13.1 Å². The highest BCUT2D eigenvalue weighted by Gasteiger charge is 2.25. The molecular formula is C9H10BClO5. The molecule has 16 heavy (non-hydrogen) atoms. The van der Waals surface area contributed by atoms with Crippen molar-refractivity contribution in [1.29, 1.82) is 0 Å². The van der Waals surface area contributed by atoms with Crippen LogP contribution in [0.2, 0.25) is 5.02 Å². The number of hydrogen-bond donors (Lipinski definition) is 3. The number of halogens is 1. The largest absolute Gasteiger partial charge is 0.493 e. The maximum atomic E-state index is 11.0. The van der Waals surface area contributed by atoms with Crippen LogP contribution in [0.15, 0.2) is 12.1 Å². The van der Waals surface area contributed by atoms with Crippen molar-refractivity contribution in [3.05, 3.63) is 22.7 Å². The fourth-order valence-corrected chi connectivity index (χ4v) is 1.51. The first kappa shape index (κ1) is 12.8. The van der Waals surface area contributed by atoms with Gasteiger partial charge < -0.3 is 19.9 Å². The highest BCUT2D eigenvalue weighted by Crippen LogP contribution is 2.25. The monoisotopic (exact) mass is 244 g/mol. The molecule has 0 aliphatic carbocycles. The molecule has 1 aromatic rings. The van der Waals surface area contributed by atoms with Gasteiger partial charge in [0.15, 0.2) is 0 Å². The Kier molecular flexibility index (Phi) is 4.17. The summed E-state index contributed by atoms with van der Waals surface area (Å²) in [5.41, 5.74) is -0.294. The minimum atomic E-state index is -1.81. The summed E-state index contributed by atoms with van der Waals surface area (Å²) in [5.74, 6) is -1.39. The first-order valence-electron chi connectivity index (χ1n) is 4.53. The van der Waals surface area contributed by atoms with Gasteiger partial charge in [-0.3, -0.25) is 0 Å². The Labute approximate surface area is 97.4 Å². The number of ether oxygens (including phenoxy) is 1. The van der Waals surface area contributed by atoms with Gasteiger partial charge in [-0.1, -0.05) is 17.7 Å². The van der Waals surface area contributed by atoms with E-state index in [4.69, 9.17) is 31.5 Å². The van der Waals surface area contributed by atoms with E-state index in [9.17, 15) is 4.79 Å². The molecule has 5 nitrogen and oxygen atoms in total. The van der Waals surface area contributed by atoms with Crippen molar-refractivity contribution in [3.8, 4) is 5.75 Å². The number of aromatic carboxylic acids is 1. The number of carboxylic acids is 1. The van der Waals surface area contributed by atoms with Gasteiger partial charge in [0, 0.05) is 5.46 Å². The molecule has 0 saturated carbocycles. The molecule has 1 rings (SSSR count). The van der Waals surface area contributed by atoms with E-state index in [1.54, 1.807) is 6.92 Å². The number of rotatable bonds is 4. The topological polar surface area (TPSA) is 87.0 Å². The summed E-state index contributed by atoms with van der Waals surface area (Å²) in [5, 5.41) is 27.1. The summed E-state index contributed by atoms with van der Waals surface area (Å²) < 4.78 is 5.09. The minimum absolute atomic E-state index is 0.0136. The van der Waals surface area contributed by atoms with E-state index >= 15 is 0 Å². The molecule has 0 aromatic heterocycles. The summed E-state index contributed by atoms with van der Waals surface area (Å²) in [7, 11) is -1.81. The third kappa shape index (κ3) is 2.47. The maximum Gasteiger partial charge on any atom is 0.492 e. The zero-order chi connectivity index (χ0) is 12.3. The van der Waals surface area contributed by atoms with Crippen LogP contribution in [-0.2, 0) is 0 Å². The molecule has 0 amide bonds. The SMILES string of the molecule is CCOc1c(B(O)O)ccc(Cl)c1C(=O)O. The molecule has 0 radical (unpaired) electrons. The molecule has 0 atom stereocenters. The number of carboxylic acid groups (broad SMARTS) is 1. The van der Waals surface area contributed by atoms with Gasteiger partial charge in [0.25, 0.3) is 0 Å². The highest BCUT2D eigenvalue weighted by molar-refractivity contribution is 6.60. The number of benzene rings is 1. The Hall–Kier alpha value is -1.24. The molecule has 0 fully saturated rings. The predicted octanol–water partition coefficient (Wildman–Crippen LogP) is 0.117. The van der Waals surface area contributed by atoms with Gasteiger partial charge in [0.05, 0.1) is 11.6 Å². The lowest BCUT2D eigenvalue weighted by atomic mass is 9.78. The Morgan fingerprint density at radius 1 is 1.50 bits per heavy atom. The van der Waals surface area contributed by atoms with E-state index in [-0.39, 0.29) is 28.4 Å². The van der Waals surface area contributed by atoms with Crippen molar-refractivity contribution < 1.29 is 24.7 Å². The molecule has 0 heterocycles. The van der Waals surface area contributed by atoms with Gasteiger partial charge >= 0.3 is 13.1 Å². The number of hydrogen-bond acceptors (Lipinski definition) is 4. The molecule has 0 aliphatic rings. The van der Waals surface area contributed by atoms with Gasteiger partial charge in [-0.25, -0.2) is 4.79 Å². The summed E-state index contributed by atoms with van der Waals surface area (Å²) in [6, 6.07) is 2.59.